The van der Waals surface area contributed by atoms with E-state index in [1.54, 1.807) is 0 Å². The number of nitrogens with zero attached hydrogens (tertiary/aromatic N) is 3. The van der Waals surface area contributed by atoms with Crippen molar-refractivity contribution in [2.24, 2.45) is 0 Å². The van der Waals surface area contributed by atoms with Crippen LogP contribution in [0.2, 0.25) is 0 Å². The quantitative estimate of drug-likeness (QED) is 0.805. The van der Waals surface area contributed by atoms with Gasteiger partial charge in [0.15, 0.2) is 0 Å². The molecule has 1 aliphatic rings. The highest BCUT2D eigenvalue weighted by Crippen LogP contribution is 2.18. The van der Waals surface area contributed by atoms with Gasteiger partial charge >= 0.3 is 0 Å². The van der Waals surface area contributed by atoms with Crippen molar-refractivity contribution in [3.05, 3.63) is 41.0 Å². The van der Waals surface area contributed by atoms with Gasteiger partial charge in [0.2, 0.25) is 0 Å². The molecular formula is C13H16N4. The highest BCUT2D eigenvalue weighted by Gasteiger charge is 2.11. The Morgan fingerprint density at radius 2 is 2.12 bits per heavy atom. The Morgan fingerprint density at radius 3 is 2.88 bits per heavy atom. The third-order valence-electron chi connectivity index (χ3n) is 3.20. The zero-order valence-corrected chi connectivity index (χ0v) is 10.2. The fraction of sp³-hybridized carbons (Fsp3) is 0.385. The van der Waals surface area contributed by atoms with Gasteiger partial charge in [-0.25, -0.2) is 9.67 Å². The standard InChI is InChI=1S/C13H16N4/c1-9-15-10(2)17(16-9)13-4-3-11-5-6-14-8-12(11)7-13/h3-4,7,14H,5-6,8H2,1-2H3. The van der Waals surface area contributed by atoms with E-state index < -0.39 is 0 Å². The highest BCUT2D eigenvalue weighted by atomic mass is 15.3. The Kier molecular flexibility index (Phi) is 2.44. The van der Waals surface area contributed by atoms with Crippen molar-refractivity contribution in [3.8, 4) is 5.69 Å². The number of hydrogen-bond acceptors (Lipinski definition) is 3. The normalized spacial score (nSPS) is 14.7. The molecule has 0 unspecified atom stereocenters. The highest BCUT2D eigenvalue weighted by molar-refractivity contribution is 5.41. The number of hydrogen-bond donors (Lipinski definition) is 1. The molecule has 0 saturated carbocycles. The van der Waals surface area contributed by atoms with Crippen LogP contribution in [0.15, 0.2) is 18.2 Å². The summed E-state index contributed by atoms with van der Waals surface area (Å²) in [7, 11) is 0. The Morgan fingerprint density at radius 1 is 1.24 bits per heavy atom. The molecule has 88 valence electrons. The second-order valence-corrected chi connectivity index (χ2v) is 4.50. The van der Waals surface area contributed by atoms with Crippen molar-refractivity contribution >= 4 is 0 Å². The molecule has 4 heteroatoms. The van der Waals surface area contributed by atoms with E-state index in [9.17, 15) is 0 Å². The van der Waals surface area contributed by atoms with Gasteiger partial charge in [0, 0.05) is 6.54 Å². The van der Waals surface area contributed by atoms with E-state index >= 15 is 0 Å². The third kappa shape index (κ3) is 1.85. The minimum atomic E-state index is 0.818. The lowest BCUT2D eigenvalue weighted by Crippen LogP contribution is -2.23. The summed E-state index contributed by atoms with van der Waals surface area (Å²) < 4.78 is 1.91. The summed E-state index contributed by atoms with van der Waals surface area (Å²) in [4.78, 5) is 4.34. The van der Waals surface area contributed by atoms with Crippen molar-refractivity contribution < 1.29 is 0 Å². The van der Waals surface area contributed by atoms with Gasteiger partial charge in [-0.2, -0.15) is 5.10 Å². The SMILES string of the molecule is Cc1nc(C)n(-c2ccc3c(c2)CNCC3)n1. The van der Waals surface area contributed by atoms with Crippen LogP contribution in [0.4, 0.5) is 0 Å². The summed E-state index contributed by atoms with van der Waals surface area (Å²) >= 11 is 0. The predicted octanol–water partition coefficient (Wildman–Crippen LogP) is 1.53. The number of fused-ring (bicyclic) bond motifs is 1. The van der Waals surface area contributed by atoms with Crippen molar-refractivity contribution in [2.45, 2.75) is 26.8 Å². The lowest BCUT2D eigenvalue weighted by atomic mass is 10.0. The van der Waals surface area contributed by atoms with Gasteiger partial charge in [-0.05, 0) is 50.1 Å². The van der Waals surface area contributed by atoms with Crippen LogP contribution >= 0.6 is 0 Å². The summed E-state index contributed by atoms with van der Waals surface area (Å²) in [6, 6.07) is 6.55. The minimum Gasteiger partial charge on any atom is -0.312 e. The molecule has 4 nitrogen and oxygen atoms in total. The van der Waals surface area contributed by atoms with Gasteiger partial charge < -0.3 is 5.32 Å². The summed E-state index contributed by atoms with van der Waals surface area (Å²) in [5, 5.41) is 7.81. The van der Waals surface area contributed by atoms with Crippen molar-refractivity contribution in [3.63, 3.8) is 0 Å². The van der Waals surface area contributed by atoms with Crippen molar-refractivity contribution in [1.82, 2.24) is 20.1 Å². The summed E-state index contributed by atoms with van der Waals surface area (Å²) in [6.07, 6.45) is 1.12. The number of nitrogens with one attached hydrogen (secondary N) is 1. The summed E-state index contributed by atoms with van der Waals surface area (Å²) in [5.74, 6) is 1.75. The van der Waals surface area contributed by atoms with Crippen LogP contribution in [0.3, 0.4) is 0 Å². The molecule has 1 N–H and O–H groups in total. The van der Waals surface area contributed by atoms with E-state index in [1.165, 1.54) is 11.1 Å². The lowest BCUT2D eigenvalue weighted by Gasteiger charge is -2.17. The molecule has 0 spiro atoms. The molecule has 0 fully saturated rings. The maximum Gasteiger partial charge on any atom is 0.148 e. The largest absolute Gasteiger partial charge is 0.312 e. The zero-order chi connectivity index (χ0) is 11.8. The fourth-order valence-electron chi connectivity index (χ4n) is 2.36. The summed E-state index contributed by atoms with van der Waals surface area (Å²) in [5.41, 5.74) is 3.92. The predicted molar refractivity (Wildman–Crippen MR) is 66.2 cm³/mol. The molecule has 2 heterocycles. The fourth-order valence-corrected chi connectivity index (χ4v) is 2.36. The zero-order valence-electron chi connectivity index (χ0n) is 10.2. The van der Waals surface area contributed by atoms with E-state index in [0.29, 0.717) is 0 Å². The molecule has 3 rings (SSSR count). The van der Waals surface area contributed by atoms with E-state index in [0.717, 1.165) is 36.8 Å². The Hall–Kier alpha value is -1.68. The summed E-state index contributed by atoms with van der Waals surface area (Å²) in [6.45, 7) is 5.94. The first-order valence-electron chi connectivity index (χ1n) is 5.97. The Bertz CT molecular complexity index is 557. The first-order valence-corrected chi connectivity index (χ1v) is 5.97. The van der Waals surface area contributed by atoms with E-state index in [-0.39, 0.29) is 0 Å². The molecule has 2 aromatic rings. The number of benzene rings is 1. The second-order valence-electron chi connectivity index (χ2n) is 4.50. The Balaban J connectivity index is 2.06. The van der Waals surface area contributed by atoms with Crippen LogP contribution in [0.1, 0.15) is 22.8 Å². The van der Waals surface area contributed by atoms with E-state index in [4.69, 9.17) is 0 Å². The van der Waals surface area contributed by atoms with Crippen molar-refractivity contribution in [2.75, 3.05) is 6.54 Å². The lowest BCUT2D eigenvalue weighted by molar-refractivity contribution is 0.642. The van der Waals surface area contributed by atoms with Crippen LogP contribution in [0.5, 0.6) is 0 Å². The monoisotopic (exact) mass is 228 g/mol. The van der Waals surface area contributed by atoms with Crippen LogP contribution in [0.25, 0.3) is 5.69 Å². The van der Waals surface area contributed by atoms with Crippen LogP contribution in [0, 0.1) is 13.8 Å². The van der Waals surface area contributed by atoms with Crippen LogP contribution in [-0.2, 0) is 13.0 Å². The maximum absolute atomic E-state index is 4.41. The molecule has 1 aromatic carbocycles. The van der Waals surface area contributed by atoms with Gasteiger partial charge in [-0.3, -0.25) is 0 Å². The Labute approximate surface area is 101 Å². The minimum absolute atomic E-state index is 0.818. The smallest absolute Gasteiger partial charge is 0.148 e. The number of rotatable bonds is 1. The van der Waals surface area contributed by atoms with Gasteiger partial charge in [-0.15, -0.1) is 0 Å². The maximum atomic E-state index is 4.41. The van der Waals surface area contributed by atoms with Crippen LogP contribution < -0.4 is 5.32 Å². The molecule has 0 aliphatic carbocycles. The van der Waals surface area contributed by atoms with E-state index in [1.807, 2.05) is 18.5 Å². The molecule has 0 bridgehead atoms. The first-order chi connectivity index (χ1) is 8.24. The van der Waals surface area contributed by atoms with Gasteiger partial charge in [-0.1, -0.05) is 6.07 Å². The number of aryl methyl sites for hydroxylation is 2. The van der Waals surface area contributed by atoms with Crippen LogP contribution in [-0.4, -0.2) is 21.3 Å². The molecule has 1 aromatic heterocycles. The average Bonchev–Trinajstić information content (AvgIpc) is 2.68. The van der Waals surface area contributed by atoms with Crippen molar-refractivity contribution in [1.29, 1.82) is 0 Å². The second kappa shape index (κ2) is 3.96. The average molecular weight is 228 g/mol. The molecule has 0 atom stereocenters. The topological polar surface area (TPSA) is 42.7 Å². The van der Waals surface area contributed by atoms with Gasteiger partial charge in [0.1, 0.15) is 11.6 Å². The van der Waals surface area contributed by atoms with E-state index in [2.05, 4.69) is 33.6 Å². The molecular weight excluding hydrogens is 212 g/mol. The molecule has 0 amide bonds. The number of aromatic nitrogens is 3. The van der Waals surface area contributed by atoms with Gasteiger partial charge in [0.25, 0.3) is 0 Å². The molecule has 1 aliphatic heterocycles. The first kappa shape index (κ1) is 10.5. The molecule has 0 saturated heterocycles. The van der Waals surface area contributed by atoms with Gasteiger partial charge in [0.05, 0.1) is 5.69 Å². The third-order valence-corrected chi connectivity index (χ3v) is 3.20. The molecule has 0 radical (unpaired) electrons. The molecule has 17 heavy (non-hydrogen) atoms.